The molecule has 0 amide bonds. The number of sulfone groups is 1. The van der Waals surface area contributed by atoms with E-state index in [0.29, 0.717) is 12.1 Å². The molecule has 3 rings (SSSR count). The number of hydrogen-bond acceptors (Lipinski definition) is 3. The summed E-state index contributed by atoms with van der Waals surface area (Å²) >= 11 is 0. The van der Waals surface area contributed by atoms with Gasteiger partial charge in [0, 0.05) is 24.0 Å². The molecule has 0 radical (unpaired) electrons. The molecule has 0 aliphatic rings. The standard InChI is InChI=1S/C19H11F3N2O2S/c20-13-9-17(21)19(18(22)10-13)24-8-4-5-14(24)11-16(12-23)27(25,26)15-6-2-1-3-7-15/h1-11H/b16-11+. The van der Waals surface area contributed by atoms with Crippen molar-refractivity contribution in [3.05, 3.63) is 88.8 Å². The highest BCUT2D eigenvalue weighted by Gasteiger charge is 2.22. The normalized spacial score (nSPS) is 12.0. The number of benzene rings is 2. The number of aromatic nitrogens is 1. The second-order valence-corrected chi connectivity index (χ2v) is 7.38. The zero-order valence-corrected chi connectivity index (χ0v) is 14.4. The Morgan fingerprint density at radius 1 is 1.00 bits per heavy atom. The zero-order chi connectivity index (χ0) is 19.6. The Bertz CT molecular complexity index is 1150. The molecule has 8 heteroatoms. The fourth-order valence-electron chi connectivity index (χ4n) is 2.51. The van der Waals surface area contributed by atoms with E-state index in [9.17, 15) is 26.9 Å². The van der Waals surface area contributed by atoms with Crippen molar-refractivity contribution >= 4 is 15.9 Å². The quantitative estimate of drug-likeness (QED) is 0.629. The minimum Gasteiger partial charge on any atom is -0.312 e. The lowest BCUT2D eigenvalue weighted by atomic mass is 10.2. The van der Waals surface area contributed by atoms with Crippen molar-refractivity contribution < 1.29 is 21.6 Å². The molecule has 0 aliphatic carbocycles. The molecular weight excluding hydrogens is 377 g/mol. The molecular formula is C19H11F3N2O2S. The minimum atomic E-state index is -4.11. The van der Waals surface area contributed by atoms with Gasteiger partial charge in [-0.25, -0.2) is 21.6 Å². The Morgan fingerprint density at radius 2 is 1.63 bits per heavy atom. The van der Waals surface area contributed by atoms with Gasteiger partial charge in [-0.1, -0.05) is 18.2 Å². The Morgan fingerprint density at radius 3 is 2.22 bits per heavy atom. The van der Waals surface area contributed by atoms with Crippen LogP contribution in [0.15, 0.2) is 70.6 Å². The number of hydrogen-bond donors (Lipinski definition) is 0. The summed E-state index contributed by atoms with van der Waals surface area (Å²) in [4.78, 5) is -0.688. The summed E-state index contributed by atoms with van der Waals surface area (Å²) in [5, 5.41) is 9.32. The molecule has 1 aromatic heterocycles. The molecule has 0 saturated heterocycles. The van der Waals surface area contributed by atoms with E-state index in [-0.39, 0.29) is 10.6 Å². The lowest BCUT2D eigenvalue weighted by molar-refractivity contribution is 0.534. The maximum atomic E-state index is 14.1. The third-order valence-corrected chi connectivity index (χ3v) is 5.42. The highest BCUT2D eigenvalue weighted by atomic mass is 32.2. The summed E-state index contributed by atoms with van der Waals surface area (Å²) in [6, 6.07) is 12.7. The van der Waals surface area contributed by atoms with Gasteiger partial charge in [0.15, 0.2) is 16.5 Å². The van der Waals surface area contributed by atoms with E-state index >= 15 is 0 Å². The third-order valence-electron chi connectivity index (χ3n) is 3.74. The lowest BCUT2D eigenvalue weighted by Gasteiger charge is -2.10. The largest absolute Gasteiger partial charge is 0.312 e. The minimum absolute atomic E-state index is 0.0375. The predicted octanol–water partition coefficient (Wildman–Crippen LogP) is 4.23. The SMILES string of the molecule is N#C/C(=C\c1cccn1-c1c(F)cc(F)cc1F)S(=O)(=O)c1ccccc1. The summed E-state index contributed by atoms with van der Waals surface area (Å²) in [5.74, 6) is -3.41. The van der Waals surface area contributed by atoms with Gasteiger partial charge in [-0.15, -0.1) is 0 Å². The van der Waals surface area contributed by atoms with Crippen molar-refractivity contribution in [2.75, 3.05) is 0 Å². The van der Waals surface area contributed by atoms with E-state index in [0.717, 1.165) is 10.6 Å². The van der Waals surface area contributed by atoms with Crippen LogP contribution >= 0.6 is 0 Å². The van der Waals surface area contributed by atoms with Crippen LogP contribution in [0.1, 0.15) is 5.69 Å². The summed E-state index contributed by atoms with van der Waals surface area (Å²) in [7, 11) is -4.11. The molecule has 0 atom stereocenters. The van der Waals surface area contributed by atoms with Gasteiger partial charge >= 0.3 is 0 Å². The molecule has 0 N–H and O–H groups in total. The number of nitriles is 1. The third kappa shape index (κ3) is 3.50. The first-order chi connectivity index (χ1) is 12.8. The van der Waals surface area contributed by atoms with Crippen LogP contribution in [-0.4, -0.2) is 13.0 Å². The molecule has 136 valence electrons. The molecule has 0 fully saturated rings. The molecule has 0 spiro atoms. The Kier molecular flexibility index (Phi) is 4.88. The fourth-order valence-corrected chi connectivity index (χ4v) is 3.68. The smallest absolute Gasteiger partial charge is 0.216 e. The molecule has 4 nitrogen and oxygen atoms in total. The topological polar surface area (TPSA) is 62.9 Å². The van der Waals surface area contributed by atoms with Crippen LogP contribution in [0.25, 0.3) is 11.8 Å². The molecule has 2 aromatic carbocycles. The maximum absolute atomic E-state index is 14.1. The van der Waals surface area contributed by atoms with Crippen LogP contribution in [0.2, 0.25) is 0 Å². The summed E-state index contributed by atoms with van der Waals surface area (Å²) in [5.41, 5.74) is -0.544. The van der Waals surface area contributed by atoms with Gasteiger partial charge in [0.2, 0.25) is 9.84 Å². The number of allylic oxidation sites excluding steroid dienone is 1. The molecule has 0 unspecified atom stereocenters. The summed E-state index contributed by atoms with van der Waals surface area (Å²) < 4.78 is 67.5. The van der Waals surface area contributed by atoms with Gasteiger partial charge < -0.3 is 4.57 Å². The maximum Gasteiger partial charge on any atom is 0.216 e. The fraction of sp³-hybridized carbons (Fsp3) is 0. The van der Waals surface area contributed by atoms with Crippen molar-refractivity contribution in [1.29, 1.82) is 5.26 Å². The van der Waals surface area contributed by atoms with E-state index in [1.807, 2.05) is 0 Å². The van der Waals surface area contributed by atoms with Crippen molar-refractivity contribution in [2.45, 2.75) is 4.90 Å². The van der Waals surface area contributed by atoms with Gasteiger partial charge in [-0.05, 0) is 30.3 Å². The Labute approximate surface area is 153 Å². The second kappa shape index (κ2) is 7.13. The average Bonchev–Trinajstić information content (AvgIpc) is 3.07. The average molecular weight is 388 g/mol. The first-order valence-electron chi connectivity index (χ1n) is 7.59. The van der Waals surface area contributed by atoms with E-state index in [1.165, 1.54) is 42.6 Å². The van der Waals surface area contributed by atoms with Crippen LogP contribution in [0.3, 0.4) is 0 Å². The molecule has 0 aliphatic heterocycles. The van der Waals surface area contributed by atoms with Crippen LogP contribution in [0.4, 0.5) is 13.2 Å². The lowest BCUT2D eigenvalue weighted by Crippen LogP contribution is -2.06. The van der Waals surface area contributed by atoms with Crippen LogP contribution in [-0.2, 0) is 9.84 Å². The Hall–Kier alpha value is -3.31. The monoisotopic (exact) mass is 388 g/mol. The zero-order valence-electron chi connectivity index (χ0n) is 13.6. The van der Waals surface area contributed by atoms with E-state index in [2.05, 4.69) is 0 Å². The first-order valence-corrected chi connectivity index (χ1v) is 9.07. The predicted molar refractivity (Wildman–Crippen MR) is 92.9 cm³/mol. The van der Waals surface area contributed by atoms with Gasteiger partial charge in [0.05, 0.1) is 4.90 Å². The number of nitrogens with zero attached hydrogens (tertiary/aromatic N) is 2. The number of halogens is 3. The van der Waals surface area contributed by atoms with Crippen molar-refractivity contribution in [2.24, 2.45) is 0 Å². The Balaban J connectivity index is 2.15. The van der Waals surface area contributed by atoms with Crippen molar-refractivity contribution in [3.8, 4) is 11.8 Å². The van der Waals surface area contributed by atoms with Gasteiger partial charge in [-0.3, -0.25) is 0 Å². The van der Waals surface area contributed by atoms with Gasteiger partial charge in [-0.2, -0.15) is 5.26 Å². The molecule has 3 aromatic rings. The van der Waals surface area contributed by atoms with Gasteiger partial charge in [0.25, 0.3) is 0 Å². The molecule has 0 bridgehead atoms. The summed E-state index contributed by atoms with van der Waals surface area (Å²) in [6.07, 6.45) is 2.28. The molecule has 0 saturated carbocycles. The second-order valence-electron chi connectivity index (χ2n) is 5.46. The van der Waals surface area contributed by atoms with Gasteiger partial charge in [0.1, 0.15) is 17.6 Å². The highest BCUT2D eigenvalue weighted by Crippen LogP contribution is 2.25. The molecule has 27 heavy (non-hydrogen) atoms. The van der Waals surface area contributed by atoms with Crippen LogP contribution < -0.4 is 0 Å². The molecule has 1 heterocycles. The van der Waals surface area contributed by atoms with Crippen LogP contribution in [0.5, 0.6) is 0 Å². The highest BCUT2D eigenvalue weighted by molar-refractivity contribution is 7.95. The van der Waals surface area contributed by atoms with E-state index in [1.54, 1.807) is 12.1 Å². The van der Waals surface area contributed by atoms with Crippen LogP contribution in [0, 0.1) is 28.8 Å². The van der Waals surface area contributed by atoms with Crippen molar-refractivity contribution in [3.63, 3.8) is 0 Å². The first kappa shape index (κ1) is 18.5. The van der Waals surface area contributed by atoms with Crippen molar-refractivity contribution in [1.82, 2.24) is 4.57 Å². The van der Waals surface area contributed by atoms with E-state index < -0.39 is 37.9 Å². The van der Waals surface area contributed by atoms with E-state index in [4.69, 9.17) is 0 Å². The number of rotatable bonds is 4. The summed E-state index contributed by atoms with van der Waals surface area (Å²) in [6.45, 7) is 0.